The van der Waals surface area contributed by atoms with Crippen LogP contribution in [0.1, 0.15) is 18.5 Å². The Morgan fingerprint density at radius 3 is 2.74 bits per heavy atom. The number of sulfonamides is 1. The molecule has 8 heteroatoms. The molecule has 0 spiro atoms. The van der Waals surface area contributed by atoms with Crippen LogP contribution in [0.15, 0.2) is 4.21 Å². The number of hydrogen-bond acceptors (Lipinski definition) is 5. The molecule has 1 aliphatic heterocycles. The second-order valence-electron chi connectivity index (χ2n) is 5.01. The molecule has 2 heterocycles. The van der Waals surface area contributed by atoms with Crippen LogP contribution < -0.4 is 0 Å². The van der Waals surface area contributed by atoms with Gasteiger partial charge in [-0.15, -0.1) is 0 Å². The van der Waals surface area contributed by atoms with Crippen molar-refractivity contribution >= 4 is 33.0 Å². The van der Waals surface area contributed by atoms with Gasteiger partial charge in [-0.3, -0.25) is 0 Å². The van der Waals surface area contributed by atoms with Gasteiger partial charge in [0, 0.05) is 19.1 Å². The molecule has 0 aliphatic carbocycles. The van der Waals surface area contributed by atoms with Gasteiger partial charge in [0.05, 0.1) is 5.69 Å². The van der Waals surface area contributed by atoms with E-state index in [9.17, 15) is 8.42 Å². The Morgan fingerprint density at radius 2 is 2.21 bits per heavy atom. The summed E-state index contributed by atoms with van der Waals surface area (Å²) in [6, 6.07) is 0.0419. The molecule has 0 amide bonds. The molecule has 0 N–H and O–H groups in total. The van der Waals surface area contributed by atoms with Crippen molar-refractivity contribution in [3.8, 4) is 0 Å². The van der Waals surface area contributed by atoms with Gasteiger partial charge in [-0.2, -0.15) is 4.31 Å². The molecule has 1 saturated heterocycles. The molecule has 108 valence electrons. The van der Waals surface area contributed by atoms with Gasteiger partial charge in [0.25, 0.3) is 10.0 Å². The molecule has 19 heavy (non-hydrogen) atoms. The van der Waals surface area contributed by atoms with Crippen LogP contribution in [0.3, 0.4) is 0 Å². The van der Waals surface area contributed by atoms with Crippen molar-refractivity contribution in [2.24, 2.45) is 0 Å². The molecule has 1 atom stereocenters. The third-order valence-electron chi connectivity index (χ3n) is 3.17. The molecule has 1 aliphatic rings. The number of thiazole rings is 1. The third kappa shape index (κ3) is 3.11. The molecule has 0 bridgehead atoms. The minimum absolute atomic E-state index is 0.0419. The second-order valence-corrected chi connectivity index (χ2v) is 8.68. The van der Waals surface area contributed by atoms with Crippen molar-refractivity contribution in [3.05, 3.63) is 10.2 Å². The molecule has 0 saturated carbocycles. The largest absolute Gasteiger partial charge is 0.308 e. The van der Waals surface area contributed by atoms with E-state index in [4.69, 9.17) is 11.6 Å². The molecular weight excluding hydrogens is 306 g/mol. The van der Waals surface area contributed by atoms with E-state index in [1.807, 2.05) is 19.0 Å². The zero-order valence-corrected chi connectivity index (χ0v) is 13.6. The standard InChI is InChI=1S/C11H18ClN3O2S2/c1-8-10(18-11(12)13-8)19(16,17)15-6-4-5-9(15)7-14(2)3/h9H,4-7H2,1-3H3. The number of halogens is 1. The van der Waals surface area contributed by atoms with Gasteiger partial charge in [0.15, 0.2) is 8.68 Å². The number of aryl methyl sites for hydroxylation is 1. The molecule has 0 aromatic carbocycles. The van der Waals surface area contributed by atoms with Gasteiger partial charge >= 0.3 is 0 Å². The highest BCUT2D eigenvalue weighted by Crippen LogP contribution is 2.33. The summed E-state index contributed by atoms with van der Waals surface area (Å²) in [6.45, 7) is 3.01. The molecular formula is C11H18ClN3O2S2. The lowest BCUT2D eigenvalue weighted by Gasteiger charge is -2.25. The van der Waals surface area contributed by atoms with Crippen molar-refractivity contribution in [1.82, 2.24) is 14.2 Å². The van der Waals surface area contributed by atoms with Crippen molar-refractivity contribution in [2.75, 3.05) is 27.2 Å². The monoisotopic (exact) mass is 323 g/mol. The molecule has 1 aromatic heterocycles. The smallest absolute Gasteiger partial charge is 0.254 e. The predicted molar refractivity (Wildman–Crippen MR) is 77.3 cm³/mol. The molecule has 1 aromatic rings. The maximum atomic E-state index is 12.7. The van der Waals surface area contributed by atoms with Crippen LogP contribution in [0.5, 0.6) is 0 Å². The fourth-order valence-electron chi connectivity index (χ4n) is 2.43. The van der Waals surface area contributed by atoms with Gasteiger partial charge in [-0.1, -0.05) is 22.9 Å². The van der Waals surface area contributed by atoms with E-state index in [1.54, 1.807) is 11.2 Å². The number of aromatic nitrogens is 1. The summed E-state index contributed by atoms with van der Waals surface area (Å²) >= 11 is 6.86. The maximum absolute atomic E-state index is 12.7. The summed E-state index contributed by atoms with van der Waals surface area (Å²) < 4.78 is 27.5. The number of nitrogens with zero attached hydrogens (tertiary/aromatic N) is 3. The van der Waals surface area contributed by atoms with Crippen LogP contribution in [0.25, 0.3) is 0 Å². The number of likely N-dealkylation sites (N-methyl/N-ethyl adjacent to an activating group) is 1. The van der Waals surface area contributed by atoms with E-state index in [-0.39, 0.29) is 14.7 Å². The van der Waals surface area contributed by atoms with E-state index < -0.39 is 10.0 Å². The lowest BCUT2D eigenvalue weighted by molar-refractivity contribution is 0.291. The number of rotatable bonds is 4. The predicted octanol–water partition coefficient (Wildman–Crippen LogP) is 1.82. The fraction of sp³-hybridized carbons (Fsp3) is 0.727. The molecule has 1 fully saturated rings. The summed E-state index contributed by atoms with van der Waals surface area (Å²) in [4.78, 5) is 6.02. The van der Waals surface area contributed by atoms with Gasteiger partial charge in [0.2, 0.25) is 0 Å². The van der Waals surface area contributed by atoms with E-state index in [0.717, 1.165) is 30.7 Å². The Morgan fingerprint density at radius 1 is 1.53 bits per heavy atom. The summed E-state index contributed by atoms with van der Waals surface area (Å²) in [7, 11) is 0.447. The average Bonchev–Trinajstić information content (AvgIpc) is 2.84. The lowest BCUT2D eigenvalue weighted by Crippen LogP contribution is -2.41. The van der Waals surface area contributed by atoms with Gasteiger partial charge in [-0.05, 0) is 33.9 Å². The summed E-state index contributed by atoms with van der Waals surface area (Å²) in [5.41, 5.74) is 0.491. The van der Waals surface area contributed by atoms with Crippen molar-refractivity contribution in [3.63, 3.8) is 0 Å². The second kappa shape index (κ2) is 5.65. The van der Waals surface area contributed by atoms with E-state index in [0.29, 0.717) is 12.2 Å². The van der Waals surface area contributed by atoms with Crippen molar-refractivity contribution in [2.45, 2.75) is 30.0 Å². The number of hydrogen-bond donors (Lipinski definition) is 0. The first-order valence-corrected chi connectivity index (χ1v) is 8.75. The van der Waals surface area contributed by atoms with E-state index in [2.05, 4.69) is 4.98 Å². The zero-order valence-electron chi connectivity index (χ0n) is 11.3. The fourth-order valence-corrected chi connectivity index (χ4v) is 5.96. The minimum Gasteiger partial charge on any atom is -0.308 e. The highest BCUT2D eigenvalue weighted by atomic mass is 35.5. The third-order valence-corrected chi connectivity index (χ3v) is 6.97. The Kier molecular flexibility index (Phi) is 4.52. The van der Waals surface area contributed by atoms with Crippen LogP contribution in [-0.4, -0.2) is 55.8 Å². The van der Waals surface area contributed by atoms with Crippen molar-refractivity contribution < 1.29 is 8.42 Å². The van der Waals surface area contributed by atoms with Crippen LogP contribution in [0.4, 0.5) is 0 Å². The molecule has 5 nitrogen and oxygen atoms in total. The topological polar surface area (TPSA) is 53.5 Å². The molecule has 2 rings (SSSR count). The Labute approximate surface area is 123 Å². The summed E-state index contributed by atoms with van der Waals surface area (Å²) in [5, 5.41) is 0. The summed E-state index contributed by atoms with van der Waals surface area (Å²) in [6.07, 6.45) is 1.81. The van der Waals surface area contributed by atoms with Crippen LogP contribution in [0, 0.1) is 6.92 Å². The molecule has 1 unspecified atom stereocenters. The van der Waals surface area contributed by atoms with E-state index >= 15 is 0 Å². The van der Waals surface area contributed by atoms with Crippen LogP contribution in [0.2, 0.25) is 4.47 Å². The van der Waals surface area contributed by atoms with Gasteiger partial charge in [0.1, 0.15) is 0 Å². The van der Waals surface area contributed by atoms with Crippen LogP contribution >= 0.6 is 22.9 Å². The highest BCUT2D eigenvalue weighted by molar-refractivity contribution is 7.91. The minimum atomic E-state index is -3.47. The Balaban J connectivity index is 2.31. The maximum Gasteiger partial charge on any atom is 0.254 e. The highest BCUT2D eigenvalue weighted by Gasteiger charge is 2.37. The Bertz CT molecular complexity index is 556. The quantitative estimate of drug-likeness (QED) is 0.848. The van der Waals surface area contributed by atoms with Gasteiger partial charge < -0.3 is 4.90 Å². The first-order valence-electron chi connectivity index (χ1n) is 6.12. The van der Waals surface area contributed by atoms with Gasteiger partial charge in [-0.25, -0.2) is 13.4 Å². The zero-order chi connectivity index (χ0) is 14.2. The van der Waals surface area contributed by atoms with E-state index in [1.165, 1.54) is 0 Å². The van der Waals surface area contributed by atoms with Crippen LogP contribution in [-0.2, 0) is 10.0 Å². The SMILES string of the molecule is Cc1nc(Cl)sc1S(=O)(=O)N1CCCC1CN(C)C. The first-order chi connectivity index (χ1) is 8.82. The Hall–Kier alpha value is -0.210. The lowest BCUT2D eigenvalue weighted by atomic mass is 10.2. The first kappa shape index (κ1) is 15.2. The molecule has 0 radical (unpaired) electrons. The summed E-state index contributed by atoms with van der Waals surface area (Å²) in [5.74, 6) is 0. The van der Waals surface area contributed by atoms with Crippen molar-refractivity contribution in [1.29, 1.82) is 0 Å². The normalized spacial score (nSPS) is 21.4. The average molecular weight is 324 g/mol.